The highest BCUT2D eigenvalue weighted by atomic mass is 35.5. The minimum atomic E-state index is -0.298. The molecule has 8 heteroatoms. The summed E-state index contributed by atoms with van der Waals surface area (Å²) in [5.41, 5.74) is 2.95. The smallest absolute Gasteiger partial charge is 0.252 e. The largest absolute Gasteiger partial charge is 0.441 e. The van der Waals surface area contributed by atoms with Gasteiger partial charge < -0.3 is 19.8 Å². The first-order valence-electron chi connectivity index (χ1n) is 9.84. The van der Waals surface area contributed by atoms with E-state index in [0.29, 0.717) is 42.5 Å². The van der Waals surface area contributed by atoms with E-state index >= 15 is 0 Å². The second-order valence-electron chi connectivity index (χ2n) is 6.98. The maximum atomic E-state index is 12.3. The molecule has 0 unspecified atom stereocenters. The van der Waals surface area contributed by atoms with Gasteiger partial charge in [-0.15, -0.1) is 0 Å². The van der Waals surface area contributed by atoms with E-state index < -0.39 is 0 Å². The molecule has 0 atom stereocenters. The molecule has 162 valence electrons. The van der Waals surface area contributed by atoms with E-state index in [1.54, 1.807) is 31.5 Å². The molecule has 0 bridgehead atoms. The lowest BCUT2D eigenvalue weighted by Crippen LogP contribution is -2.27. The lowest BCUT2D eigenvalue weighted by atomic mass is 10.1. The Morgan fingerprint density at radius 2 is 1.94 bits per heavy atom. The molecule has 1 heterocycles. The zero-order valence-electron chi connectivity index (χ0n) is 17.4. The second kappa shape index (κ2) is 10.7. The maximum absolute atomic E-state index is 12.3. The summed E-state index contributed by atoms with van der Waals surface area (Å²) in [5, 5.41) is 5.73. The van der Waals surface area contributed by atoms with Gasteiger partial charge in [0.2, 0.25) is 5.91 Å². The number of aromatic nitrogens is 1. The number of carbonyl (C=O) groups excluding carboxylic acids is 2. The molecular weight excluding hydrogens is 418 g/mol. The number of anilines is 1. The van der Waals surface area contributed by atoms with E-state index in [0.717, 1.165) is 5.56 Å². The Labute approximate surface area is 185 Å². The number of rotatable bonds is 9. The van der Waals surface area contributed by atoms with Crippen LogP contribution in [0.1, 0.15) is 28.2 Å². The van der Waals surface area contributed by atoms with Gasteiger partial charge in [0, 0.05) is 37.7 Å². The SMILES string of the molecule is COCCNC(=O)c1ccc(NC(=O)CCc2ncc(-c3ccc(C)cc3)o2)cc1Cl. The molecule has 0 spiro atoms. The van der Waals surface area contributed by atoms with Crippen molar-refractivity contribution in [1.82, 2.24) is 10.3 Å². The van der Waals surface area contributed by atoms with Gasteiger partial charge in [0.1, 0.15) is 0 Å². The maximum Gasteiger partial charge on any atom is 0.252 e. The number of hydrogen-bond acceptors (Lipinski definition) is 5. The third kappa shape index (κ3) is 6.41. The van der Waals surface area contributed by atoms with Gasteiger partial charge >= 0.3 is 0 Å². The zero-order chi connectivity index (χ0) is 22.2. The number of amides is 2. The van der Waals surface area contributed by atoms with Gasteiger partial charge in [-0.25, -0.2) is 4.98 Å². The van der Waals surface area contributed by atoms with E-state index in [1.165, 1.54) is 5.56 Å². The van der Waals surface area contributed by atoms with Crippen molar-refractivity contribution in [2.75, 3.05) is 25.6 Å². The Hall–Kier alpha value is -3.16. The average molecular weight is 442 g/mol. The lowest BCUT2D eigenvalue weighted by Gasteiger charge is -2.09. The summed E-state index contributed by atoms with van der Waals surface area (Å²) < 4.78 is 10.6. The fraction of sp³-hybridized carbons (Fsp3) is 0.261. The van der Waals surface area contributed by atoms with E-state index in [2.05, 4.69) is 15.6 Å². The highest BCUT2D eigenvalue weighted by Crippen LogP contribution is 2.23. The van der Waals surface area contributed by atoms with Gasteiger partial charge in [-0.1, -0.05) is 41.4 Å². The minimum Gasteiger partial charge on any atom is -0.441 e. The molecule has 0 aliphatic heterocycles. The van der Waals surface area contributed by atoms with Crippen LogP contribution in [0, 0.1) is 6.92 Å². The third-order valence-corrected chi connectivity index (χ3v) is 4.86. The van der Waals surface area contributed by atoms with Crippen LogP contribution in [0.4, 0.5) is 5.69 Å². The first-order chi connectivity index (χ1) is 15.0. The number of oxazole rings is 1. The predicted octanol–water partition coefficient (Wildman–Crippen LogP) is 4.25. The van der Waals surface area contributed by atoms with Crippen molar-refractivity contribution in [3.63, 3.8) is 0 Å². The highest BCUT2D eigenvalue weighted by molar-refractivity contribution is 6.34. The molecule has 2 amide bonds. The predicted molar refractivity (Wildman–Crippen MR) is 119 cm³/mol. The number of halogens is 1. The van der Waals surface area contributed by atoms with Crippen LogP contribution < -0.4 is 10.6 Å². The van der Waals surface area contributed by atoms with E-state index in [4.69, 9.17) is 20.8 Å². The molecule has 3 rings (SSSR count). The standard InChI is InChI=1S/C23H24ClN3O4/c1-15-3-5-16(6-4-15)20-14-26-22(31-20)10-9-21(28)27-17-7-8-18(19(24)13-17)23(29)25-11-12-30-2/h3-8,13-14H,9-12H2,1-2H3,(H,25,29)(H,27,28). The number of methoxy groups -OCH3 is 1. The van der Waals surface area contributed by atoms with E-state index in [-0.39, 0.29) is 23.3 Å². The quantitative estimate of drug-likeness (QED) is 0.484. The molecule has 0 saturated carbocycles. The van der Waals surface area contributed by atoms with Gasteiger partial charge in [0.25, 0.3) is 5.91 Å². The highest BCUT2D eigenvalue weighted by Gasteiger charge is 2.13. The summed E-state index contributed by atoms with van der Waals surface area (Å²) >= 11 is 6.20. The van der Waals surface area contributed by atoms with Crippen LogP contribution in [0.15, 0.2) is 53.1 Å². The van der Waals surface area contributed by atoms with Crippen LogP contribution in [0.25, 0.3) is 11.3 Å². The van der Waals surface area contributed by atoms with Crippen LogP contribution >= 0.6 is 11.6 Å². The molecular formula is C23H24ClN3O4. The summed E-state index contributed by atoms with van der Waals surface area (Å²) in [6.45, 7) is 2.82. The van der Waals surface area contributed by atoms with E-state index in [9.17, 15) is 9.59 Å². The molecule has 0 saturated heterocycles. The summed E-state index contributed by atoms with van der Waals surface area (Å²) in [5.74, 6) is 0.657. The van der Waals surface area contributed by atoms with Gasteiger partial charge in [-0.05, 0) is 25.1 Å². The summed E-state index contributed by atoms with van der Waals surface area (Å²) in [7, 11) is 1.56. The molecule has 1 aromatic heterocycles. The normalized spacial score (nSPS) is 10.7. The van der Waals surface area contributed by atoms with Crippen LogP contribution in [0.5, 0.6) is 0 Å². The first kappa shape index (κ1) is 22.5. The molecule has 2 aromatic carbocycles. The van der Waals surface area contributed by atoms with Gasteiger partial charge in [-0.2, -0.15) is 0 Å². The van der Waals surface area contributed by atoms with Gasteiger partial charge in [0.05, 0.1) is 23.4 Å². The van der Waals surface area contributed by atoms with Crippen molar-refractivity contribution >= 4 is 29.1 Å². The molecule has 0 aliphatic rings. The Morgan fingerprint density at radius 3 is 2.65 bits per heavy atom. The Bertz CT molecular complexity index is 1050. The van der Waals surface area contributed by atoms with Crippen molar-refractivity contribution < 1.29 is 18.7 Å². The minimum absolute atomic E-state index is 0.199. The van der Waals surface area contributed by atoms with Crippen molar-refractivity contribution in [2.45, 2.75) is 19.8 Å². The third-order valence-electron chi connectivity index (χ3n) is 4.54. The Kier molecular flexibility index (Phi) is 7.81. The number of nitrogens with one attached hydrogen (secondary N) is 2. The Morgan fingerprint density at radius 1 is 1.16 bits per heavy atom. The number of hydrogen-bond donors (Lipinski definition) is 2. The first-order valence-corrected chi connectivity index (χ1v) is 10.2. The van der Waals surface area contributed by atoms with Crippen LogP contribution in [0.3, 0.4) is 0 Å². The summed E-state index contributed by atoms with van der Waals surface area (Å²) in [6.07, 6.45) is 2.23. The van der Waals surface area contributed by atoms with Crippen LogP contribution in [-0.2, 0) is 16.0 Å². The molecule has 2 N–H and O–H groups in total. The molecule has 31 heavy (non-hydrogen) atoms. The molecule has 7 nitrogen and oxygen atoms in total. The fourth-order valence-corrected chi connectivity index (χ4v) is 3.13. The Balaban J connectivity index is 1.52. The number of benzene rings is 2. The van der Waals surface area contributed by atoms with Crippen molar-refractivity contribution in [3.05, 3.63) is 70.7 Å². The number of aryl methyl sites for hydroxylation is 2. The summed E-state index contributed by atoms with van der Waals surface area (Å²) in [6, 6.07) is 12.7. The van der Waals surface area contributed by atoms with Gasteiger partial charge in [0.15, 0.2) is 11.7 Å². The molecule has 0 aliphatic carbocycles. The molecule has 0 radical (unpaired) electrons. The number of nitrogens with zero attached hydrogens (tertiary/aromatic N) is 1. The molecule has 0 fully saturated rings. The van der Waals surface area contributed by atoms with E-state index in [1.807, 2.05) is 31.2 Å². The second-order valence-corrected chi connectivity index (χ2v) is 7.38. The number of ether oxygens (including phenoxy) is 1. The molecule has 3 aromatic rings. The zero-order valence-corrected chi connectivity index (χ0v) is 18.2. The topological polar surface area (TPSA) is 93.5 Å². The monoisotopic (exact) mass is 441 g/mol. The lowest BCUT2D eigenvalue weighted by molar-refractivity contribution is -0.116. The van der Waals surface area contributed by atoms with Crippen LogP contribution in [0.2, 0.25) is 5.02 Å². The summed E-state index contributed by atoms with van der Waals surface area (Å²) in [4.78, 5) is 28.6. The van der Waals surface area contributed by atoms with Crippen LogP contribution in [-0.4, -0.2) is 37.1 Å². The van der Waals surface area contributed by atoms with Crippen molar-refractivity contribution in [3.8, 4) is 11.3 Å². The van der Waals surface area contributed by atoms with Gasteiger partial charge in [-0.3, -0.25) is 9.59 Å². The van der Waals surface area contributed by atoms with Crippen molar-refractivity contribution in [1.29, 1.82) is 0 Å². The fourth-order valence-electron chi connectivity index (χ4n) is 2.86. The number of carbonyl (C=O) groups is 2. The van der Waals surface area contributed by atoms with Crippen molar-refractivity contribution in [2.24, 2.45) is 0 Å². The average Bonchev–Trinajstić information content (AvgIpc) is 3.22.